The van der Waals surface area contributed by atoms with Crippen LogP contribution in [0.4, 0.5) is 0 Å². The van der Waals surface area contributed by atoms with Gasteiger partial charge in [0.15, 0.2) is 0 Å². The molecule has 2 rings (SSSR count). The highest BCUT2D eigenvalue weighted by Crippen LogP contribution is 2.33. The van der Waals surface area contributed by atoms with Crippen molar-refractivity contribution < 1.29 is 26.5 Å². The van der Waals surface area contributed by atoms with Gasteiger partial charge in [-0.3, -0.25) is 4.55 Å². The largest absolute Gasteiger partial charge is 0.507 e. The van der Waals surface area contributed by atoms with Crippen LogP contribution in [-0.4, -0.2) is 26.5 Å². The lowest BCUT2D eigenvalue weighted by Gasteiger charge is -2.08. The fourth-order valence-corrected chi connectivity index (χ4v) is 3.04. The first-order valence-corrected chi connectivity index (χ1v) is 7.85. The highest BCUT2D eigenvalue weighted by atomic mass is 32.2. The molecule has 0 heterocycles. The van der Waals surface area contributed by atoms with E-state index in [-0.39, 0.29) is 15.7 Å². The number of phenols is 1. The maximum absolute atomic E-state index is 11.4. The van der Waals surface area contributed by atoms with Gasteiger partial charge in [0, 0.05) is 11.5 Å². The molecule has 0 bridgehead atoms. The van der Waals surface area contributed by atoms with Crippen molar-refractivity contribution in [3.63, 3.8) is 0 Å². The number of aromatic hydroxyl groups is 1. The summed E-state index contributed by atoms with van der Waals surface area (Å²) in [6.45, 7) is 0. The zero-order valence-corrected chi connectivity index (χ0v) is 10.9. The number of hydrogen-bond donors (Lipinski definition) is 3. The molecule has 0 atom stereocenters. The van der Waals surface area contributed by atoms with Crippen molar-refractivity contribution in [2.75, 3.05) is 0 Å². The highest BCUT2D eigenvalue weighted by Gasteiger charge is 2.19. The second-order valence-electron chi connectivity index (χ2n) is 3.82. The molecule has 0 saturated carbocycles. The fraction of sp³-hybridized carbons (Fsp3) is 0. The first-order valence-electron chi connectivity index (χ1n) is 4.87. The standard InChI is InChI=1S/C10H9NO6S2/c11-18(13,14)9-3-1-2-6-4-7(19(15,16)17)5-8(12)10(6)9/h1-5,12H,(H2,11,13,14)(H,15,16,17). The van der Waals surface area contributed by atoms with Crippen molar-refractivity contribution >= 4 is 30.9 Å². The normalized spacial score (nSPS) is 12.7. The van der Waals surface area contributed by atoms with Gasteiger partial charge >= 0.3 is 0 Å². The molecule has 0 amide bonds. The van der Waals surface area contributed by atoms with Gasteiger partial charge in [-0.1, -0.05) is 12.1 Å². The van der Waals surface area contributed by atoms with Gasteiger partial charge < -0.3 is 5.11 Å². The molecule has 9 heteroatoms. The molecule has 0 fully saturated rings. The summed E-state index contributed by atoms with van der Waals surface area (Å²) in [7, 11) is -8.58. The lowest BCUT2D eigenvalue weighted by atomic mass is 10.1. The topological polar surface area (TPSA) is 135 Å². The summed E-state index contributed by atoms with van der Waals surface area (Å²) in [6.07, 6.45) is 0. The van der Waals surface area contributed by atoms with Crippen LogP contribution in [0.5, 0.6) is 5.75 Å². The van der Waals surface area contributed by atoms with E-state index in [1.165, 1.54) is 18.2 Å². The number of phenolic OH excluding ortho intramolecular Hbond substituents is 1. The van der Waals surface area contributed by atoms with Crippen molar-refractivity contribution in [2.24, 2.45) is 5.14 Å². The summed E-state index contributed by atoms with van der Waals surface area (Å²) in [6, 6.07) is 5.71. The van der Waals surface area contributed by atoms with E-state index in [0.717, 1.165) is 12.1 Å². The quantitative estimate of drug-likeness (QED) is 0.689. The summed E-state index contributed by atoms with van der Waals surface area (Å²) in [5.41, 5.74) is 0. The van der Waals surface area contributed by atoms with Crippen LogP contribution in [-0.2, 0) is 20.1 Å². The number of nitrogens with two attached hydrogens (primary N) is 1. The summed E-state index contributed by atoms with van der Waals surface area (Å²) in [5, 5.41) is 14.8. The van der Waals surface area contributed by atoms with Crippen molar-refractivity contribution in [3.8, 4) is 5.75 Å². The van der Waals surface area contributed by atoms with E-state index in [1.54, 1.807) is 0 Å². The molecule has 4 N–H and O–H groups in total. The Balaban J connectivity index is 2.96. The van der Waals surface area contributed by atoms with Gasteiger partial charge in [0.2, 0.25) is 10.0 Å². The van der Waals surface area contributed by atoms with Crippen molar-refractivity contribution in [3.05, 3.63) is 30.3 Å². The van der Waals surface area contributed by atoms with Gasteiger partial charge in [0.25, 0.3) is 10.1 Å². The molecule has 0 radical (unpaired) electrons. The second-order valence-corrected chi connectivity index (χ2v) is 6.77. The second kappa shape index (κ2) is 4.17. The molecular weight excluding hydrogens is 294 g/mol. The monoisotopic (exact) mass is 303 g/mol. The Kier molecular flexibility index (Phi) is 3.01. The van der Waals surface area contributed by atoms with Crippen LogP contribution in [0.25, 0.3) is 10.8 Å². The molecule has 0 aliphatic rings. The number of primary sulfonamides is 1. The Hall–Kier alpha value is -1.68. The molecule has 102 valence electrons. The Morgan fingerprint density at radius 2 is 1.68 bits per heavy atom. The molecule has 0 aliphatic heterocycles. The molecule has 0 spiro atoms. The maximum Gasteiger partial charge on any atom is 0.294 e. The first kappa shape index (κ1) is 13.7. The average Bonchev–Trinajstić information content (AvgIpc) is 2.25. The zero-order valence-electron chi connectivity index (χ0n) is 9.31. The fourth-order valence-electron chi connectivity index (χ4n) is 1.73. The Bertz CT molecular complexity index is 870. The van der Waals surface area contributed by atoms with Crippen LogP contribution in [0, 0.1) is 0 Å². The van der Waals surface area contributed by atoms with Gasteiger partial charge in [0.1, 0.15) is 5.75 Å². The lowest BCUT2D eigenvalue weighted by Crippen LogP contribution is -2.12. The first-order chi connectivity index (χ1) is 8.60. The number of rotatable bonds is 2. The van der Waals surface area contributed by atoms with Gasteiger partial charge in [-0.05, 0) is 17.5 Å². The van der Waals surface area contributed by atoms with E-state index in [2.05, 4.69) is 0 Å². The number of fused-ring (bicyclic) bond motifs is 1. The van der Waals surface area contributed by atoms with Crippen molar-refractivity contribution in [1.29, 1.82) is 0 Å². The van der Waals surface area contributed by atoms with E-state index in [1.807, 2.05) is 0 Å². The Morgan fingerprint density at radius 1 is 1.05 bits per heavy atom. The van der Waals surface area contributed by atoms with E-state index < -0.39 is 30.8 Å². The van der Waals surface area contributed by atoms with Crippen LogP contribution in [0.2, 0.25) is 0 Å². The number of hydrogen-bond acceptors (Lipinski definition) is 5. The lowest BCUT2D eigenvalue weighted by molar-refractivity contribution is 0.470. The third-order valence-corrected chi connectivity index (χ3v) is 4.28. The third kappa shape index (κ3) is 2.54. The molecule has 2 aromatic rings. The van der Waals surface area contributed by atoms with E-state index in [9.17, 15) is 21.9 Å². The molecule has 0 unspecified atom stereocenters. The smallest absolute Gasteiger partial charge is 0.294 e. The minimum absolute atomic E-state index is 0.0996. The summed E-state index contributed by atoms with van der Waals surface area (Å²) in [4.78, 5) is -0.867. The van der Waals surface area contributed by atoms with Crippen molar-refractivity contribution in [1.82, 2.24) is 0 Å². The minimum atomic E-state index is -4.51. The number of sulfonamides is 1. The molecule has 19 heavy (non-hydrogen) atoms. The van der Waals surface area contributed by atoms with Gasteiger partial charge in [-0.25, -0.2) is 13.6 Å². The van der Waals surface area contributed by atoms with Crippen LogP contribution < -0.4 is 5.14 Å². The Morgan fingerprint density at radius 3 is 2.21 bits per heavy atom. The number of benzene rings is 2. The predicted octanol–water partition coefficient (Wildman–Crippen LogP) is 0.440. The predicted molar refractivity (Wildman–Crippen MR) is 66.8 cm³/mol. The van der Waals surface area contributed by atoms with Gasteiger partial charge in [-0.2, -0.15) is 8.42 Å². The van der Waals surface area contributed by atoms with Gasteiger partial charge in [0.05, 0.1) is 9.79 Å². The summed E-state index contributed by atoms with van der Waals surface area (Å²) in [5.74, 6) is -0.602. The zero-order chi connectivity index (χ0) is 14.4. The van der Waals surface area contributed by atoms with E-state index in [0.29, 0.717) is 0 Å². The molecule has 0 aromatic heterocycles. The molecule has 7 nitrogen and oxygen atoms in total. The maximum atomic E-state index is 11.4. The SMILES string of the molecule is NS(=O)(=O)c1cccc2cc(S(=O)(=O)O)cc(O)c12. The van der Waals surface area contributed by atoms with Crippen LogP contribution in [0.3, 0.4) is 0 Å². The minimum Gasteiger partial charge on any atom is -0.507 e. The van der Waals surface area contributed by atoms with Crippen molar-refractivity contribution in [2.45, 2.75) is 9.79 Å². The van der Waals surface area contributed by atoms with Crippen LogP contribution in [0.15, 0.2) is 40.1 Å². The van der Waals surface area contributed by atoms with Crippen LogP contribution >= 0.6 is 0 Å². The molecule has 2 aromatic carbocycles. The summed E-state index contributed by atoms with van der Waals surface area (Å²) < 4.78 is 53.7. The highest BCUT2D eigenvalue weighted by molar-refractivity contribution is 7.89. The molecular formula is C10H9NO6S2. The van der Waals surface area contributed by atoms with E-state index in [4.69, 9.17) is 9.69 Å². The molecule has 0 aliphatic carbocycles. The summed E-state index contributed by atoms with van der Waals surface area (Å²) >= 11 is 0. The third-order valence-electron chi connectivity index (χ3n) is 2.50. The molecule has 0 saturated heterocycles. The Labute approximate surface area is 109 Å². The van der Waals surface area contributed by atoms with Crippen LogP contribution in [0.1, 0.15) is 0 Å². The average molecular weight is 303 g/mol. The van der Waals surface area contributed by atoms with E-state index >= 15 is 0 Å². The van der Waals surface area contributed by atoms with Gasteiger partial charge in [-0.15, -0.1) is 0 Å².